The lowest BCUT2D eigenvalue weighted by molar-refractivity contribution is -0.385. The molecule has 0 amide bonds. The molecule has 0 heterocycles. The molecule has 106 valence electrons. The molecular weight excluding hydrogens is 285 g/mol. The minimum Gasteiger partial charge on any atom is -0.465 e. The first-order valence-electron chi connectivity index (χ1n) is 4.76. The number of nitrogens with zero attached hydrogens (tertiary/aromatic N) is 2. The monoisotopic (exact) mass is 290 g/mol. The fourth-order valence-corrected chi connectivity index (χ4v) is 1.29. The molecule has 0 aliphatic carbocycles. The fourth-order valence-electron chi connectivity index (χ4n) is 1.29. The number of alkyl halides is 3. The van der Waals surface area contributed by atoms with Gasteiger partial charge in [-0.05, 0) is 0 Å². The van der Waals surface area contributed by atoms with Crippen LogP contribution in [0.2, 0.25) is 0 Å². The molecule has 0 aromatic heterocycles. The van der Waals surface area contributed by atoms with Crippen molar-refractivity contribution in [3.05, 3.63) is 33.4 Å². The normalized spacial score (nSPS) is 10.6. The van der Waals surface area contributed by atoms with Crippen LogP contribution < -0.4 is 4.74 Å². The first-order valence-corrected chi connectivity index (χ1v) is 4.76. The summed E-state index contributed by atoms with van der Waals surface area (Å²) in [7, 11) is 0.879. The van der Waals surface area contributed by atoms with Crippen LogP contribution in [0, 0.1) is 21.4 Å². The first-order chi connectivity index (χ1) is 9.19. The Bertz CT molecular complexity index is 606. The van der Waals surface area contributed by atoms with Crippen molar-refractivity contribution in [2.75, 3.05) is 7.11 Å². The van der Waals surface area contributed by atoms with Gasteiger partial charge in [0.2, 0.25) is 0 Å². The molecule has 7 nitrogen and oxygen atoms in total. The number of carbonyl (C=O) groups is 1. The molecule has 0 unspecified atom stereocenters. The van der Waals surface area contributed by atoms with E-state index in [1.54, 1.807) is 0 Å². The molecule has 0 atom stereocenters. The average Bonchev–Trinajstić information content (AvgIpc) is 2.35. The van der Waals surface area contributed by atoms with E-state index in [9.17, 15) is 28.1 Å². The molecule has 0 aliphatic heterocycles. The molecule has 0 bridgehead atoms. The number of benzene rings is 1. The predicted molar refractivity (Wildman–Crippen MR) is 55.8 cm³/mol. The quantitative estimate of drug-likeness (QED) is 0.480. The number of hydrogen-bond acceptors (Lipinski definition) is 6. The summed E-state index contributed by atoms with van der Waals surface area (Å²) in [6, 6.07) is 2.29. The Labute approximate surface area is 109 Å². The van der Waals surface area contributed by atoms with E-state index in [2.05, 4.69) is 9.47 Å². The number of methoxy groups -OCH3 is 1. The third-order valence-electron chi connectivity index (χ3n) is 2.05. The Morgan fingerprint density at radius 1 is 1.45 bits per heavy atom. The fraction of sp³-hybridized carbons (Fsp3) is 0.200. The summed E-state index contributed by atoms with van der Waals surface area (Å²) in [5, 5.41) is 19.3. The standard InChI is InChI=1S/C10H5F3N2O5/c1-19-9(16)6-3-7(15(17)18)5(4-14)2-8(6)20-10(11,12)13/h2-3H,1H3. The maximum Gasteiger partial charge on any atom is 0.573 e. The van der Waals surface area contributed by atoms with Gasteiger partial charge in [0.1, 0.15) is 22.9 Å². The van der Waals surface area contributed by atoms with Crippen molar-refractivity contribution in [2.45, 2.75) is 6.36 Å². The number of nitro groups is 1. The van der Waals surface area contributed by atoms with Crippen molar-refractivity contribution in [3.8, 4) is 11.8 Å². The van der Waals surface area contributed by atoms with Crippen LogP contribution >= 0.6 is 0 Å². The SMILES string of the molecule is COC(=O)c1cc([N+](=O)[O-])c(C#N)cc1OC(F)(F)F. The molecular formula is C10H5F3N2O5. The highest BCUT2D eigenvalue weighted by atomic mass is 19.4. The average molecular weight is 290 g/mol. The van der Waals surface area contributed by atoms with Crippen molar-refractivity contribution in [2.24, 2.45) is 0 Å². The van der Waals surface area contributed by atoms with Crippen LogP contribution in [-0.4, -0.2) is 24.4 Å². The number of rotatable bonds is 3. The molecule has 0 saturated carbocycles. The number of halogens is 3. The number of hydrogen-bond donors (Lipinski definition) is 0. The predicted octanol–water partition coefficient (Wildman–Crippen LogP) is 2.15. The molecule has 0 aliphatic rings. The first kappa shape index (κ1) is 15.2. The highest BCUT2D eigenvalue weighted by molar-refractivity contribution is 5.93. The zero-order chi connectivity index (χ0) is 15.5. The molecule has 0 spiro atoms. The Morgan fingerprint density at radius 3 is 2.45 bits per heavy atom. The maximum atomic E-state index is 12.2. The smallest absolute Gasteiger partial charge is 0.465 e. The second-order valence-electron chi connectivity index (χ2n) is 3.27. The summed E-state index contributed by atoms with van der Waals surface area (Å²) in [4.78, 5) is 21.0. The van der Waals surface area contributed by atoms with Crippen LogP contribution in [0.15, 0.2) is 12.1 Å². The van der Waals surface area contributed by atoms with Gasteiger partial charge in [0.15, 0.2) is 0 Å². The van der Waals surface area contributed by atoms with Gasteiger partial charge in [-0.2, -0.15) is 5.26 Å². The molecule has 1 aromatic carbocycles. The van der Waals surface area contributed by atoms with E-state index < -0.39 is 39.8 Å². The topological polar surface area (TPSA) is 102 Å². The summed E-state index contributed by atoms with van der Waals surface area (Å²) >= 11 is 0. The number of nitro benzene ring substituents is 1. The van der Waals surface area contributed by atoms with Crippen molar-refractivity contribution < 1.29 is 32.4 Å². The molecule has 0 fully saturated rings. The molecule has 0 saturated heterocycles. The number of ether oxygens (including phenoxy) is 2. The van der Waals surface area contributed by atoms with E-state index in [0.717, 1.165) is 7.11 Å². The van der Waals surface area contributed by atoms with E-state index in [4.69, 9.17) is 5.26 Å². The summed E-state index contributed by atoms with van der Waals surface area (Å²) in [5.41, 5.74) is -2.32. The third kappa shape index (κ3) is 3.35. The molecule has 0 N–H and O–H groups in total. The van der Waals surface area contributed by atoms with Crippen molar-refractivity contribution >= 4 is 11.7 Å². The van der Waals surface area contributed by atoms with E-state index in [1.165, 1.54) is 6.07 Å². The Morgan fingerprint density at radius 2 is 2.05 bits per heavy atom. The molecule has 20 heavy (non-hydrogen) atoms. The lowest BCUT2D eigenvalue weighted by atomic mass is 10.1. The molecule has 10 heteroatoms. The van der Waals surface area contributed by atoms with E-state index in [0.29, 0.717) is 12.1 Å². The number of nitriles is 1. The summed E-state index contributed by atoms with van der Waals surface area (Å²) in [6.45, 7) is 0. The van der Waals surface area contributed by atoms with Gasteiger partial charge in [0, 0.05) is 12.1 Å². The van der Waals surface area contributed by atoms with Crippen LogP contribution in [0.4, 0.5) is 18.9 Å². The second kappa shape index (κ2) is 5.43. The van der Waals surface area contributed by atoms with Crippen LogP contribution in [-0.2, 0) is 4.74 Å². The van der Waals surface area contributed by atoms with Crippen molar-refractivity contribution in [3.63, 3.8) is 0 Å². The maximum absolute atomic E-state index is 12.2. The minimum atomic E-state index is -5.13. The zero-order valence-electron chi connectivity index (χ0n) is 9.72. The van der Waals surface area contributed by atoms with Gasteiger partial charge >= 0.3 is 12.3 Å². The Hall–Kier alpha value is -2.83. The van der Waals surface area contributed by atoms with Gasteiger partial charge in [0.05, 0.1) is 12.0 Å². The highest BCUT2D eigenvalue weighted by Gasteiger charge is 2.34. The van der Waals surface area contributed by atoms with E-state index in [1.807, 2.05) is 0 Å². The van der Waals surface area contributed by atoms with Crippen LogP contribution in [0.3, 0.4) is 0 Å². The molecule has 1 aromatic rings. The van der Waals surface area contributed by atoms with Crippen LogP contribution in [0.25, 0.3) is 0 Å². The van der Waals surface area contributed by atoms with Crippen LogP contribution in [0.5, 0.6) is 5.75 Å². The lowest BCUT2D eigenvalue weighted by Crippen LogP contribution is -2.19. The van der Waals surface area contributed by atoms with Gasteiger partial charge in [-0.25, -0.2) is 4.79 Å². The largest absolute Gasteiger partial charge is 0.573 e. The summed E-state index contributed by atoms with van der Waals surface area (Å²) in [6.07, 6.45) is -5.13. The zero-order valence-corrected chi connectivity index (χ0v) is 9.72. The Kier molecular flexibility index (Phi) is 4.14. The minimum absolute atomic E-state index is 0.456. The number of carbonyl (C=O) groups excluding carboxylic acids is 1. The van der Waals surface area contributed by atoms with Crippen molar-refractivity contribution in [1.82, 2.24) is 0 Å². The van der Waals surface area contributed by atoms with Gasteiger partial charge in [0.25, 0.3) is 5.69 Å². The van der Waals surface area contributed by atoms with E-state index >= 15 is 0 Å². The molecule has 1 rings (SSSR count). The highest BCUT2D eigenvalue weighted by Crippen LogP contribution is 2.32. The molecule has 0 radical (unpaired) electrons. The summed E-state index contributed by atoms with van der Waals surface area (Å²) in [5.74, 6) is -2.32. The van der Waals surface area contributed by atoms with E-state index in [-0.39, 0.29) is 0 Å². The third-order valence-corrected chi connectivity index (χ3v) is 2.05. The van der Waals surface area contributed by atoms with Gasteiger partial charge in [-0.1, -0.05) is 0 Å². The van der Waals surface area contributed by atoms with Crippen LogP contribution in [0.1, 0.15) is 15.9 Å². The van der Waals surface area contributed by atoms with Gasteiger partial charge < -0.3 is 9.47 Å². The second-order valence-corrected chi connectivity index (χ2v) is 3.27. The van der Waals surface area contributed by atoms with Gasteiger partial charge in [-0.3, -0.25) is 10.1 Å². The summed E-state index contributed by atoms with van der Waals surface area (Å²) < 4.78 is 44.3. The lowest BCUT2D eigenvalue weighted by Gasteiger charge is -2.12. The van der Waals surface area contributed by atoms with Crippen molar-refractivity contribution in [1.29, 1.82) is 5.26 Å². The van der Waals surface area contributed by atoms with Gasteiger partial charge in [-0.15, -0.1) is 13.2 Å². The Balaban J connectivity index is 3.52. The number of esters is 1.